The van der Waals surface area contributed by atoms with E-state index in [1.54, 1.807) is 19.1 Å². The topological polar surface area (TPSA) is 61.3 Å². The Morgan fingerprint density at radius 2 is 2.04 bits per heavy atom. The van der Waals surface area contributed by atoms with Crippen LogP contribution in [-0.4, -0.2) is 18.7 Å². The highest BCUT2D eigenvalue weighted by molar-refractivity contribution is 6.31. The maximum Gasteiger partial charge on any atom is 0.350 e. The summed E-state index contributed by atoms with van der Waals surface area (Å²) in [6, 6.07) is 5.33. The molecule has 0 radical (unpaired) electrons. The molecule has 0 aliphatic carbocycles. The van der Waals surface area contributed by atoms with Crippen molar-refractivity contribution in [3.05, 3.63) is 74.2 Å². The summed E-state index contributed by atoms with van der Waals surface area (Å²) in [6.45, 7) is 7.71. The molecule has 0 N–H and O–H groups in total. The van der Waals surface area contributed by atoms with Gasteiger partial charge in [-0.15, -0.1) is 5.10 Å². The monoisotopic (exact) mass is 330 g/mol. The molecular weight excluding hydrogens is 316 g/mol. The summed E-state index contributed by atoms with van der Waals surface area (Å²) in [7, 11) is 0. The molecule has 0 unspecified atom stereocenters. The number of allylic oxidation sites excluding steroid dienone is 1. The molecule has 2 heterocycles. The van der Waals surface area contributed by atoms with Crippen molar-refractivity contribution in [3.63, 3.8) is 0 Å². The average molecular weight is 331 g/mol. The van der Waals surface area contributed by atoms with Crippen LogP contribution in [0.3, 0.4) is 0 Å². The van der Waals surface area contributed by atoms with Crippen LogP contribution in [-0.2, 0) is 6.54 Å². The standard InChI is InChI=1S/C16H15ClN4O2/c1-10(2)9-21-16(23)20-7-6-19(15(22)14(20)18-21)12-5-4-11(3)13(17)8-12/h4-8H,1,9H2,2-3H3. The number of aryl methyl sites for hydroxylation is 1. The van der Waals surface area contributed by atoms with Gasteiger partial charge in [-0.2, -0.15) is 0 Å². The Morgan fingerprint density at radius 3 is 2.70 bits per heavy atom. The van der Waals surface area contributed by atoms with Gasteiger partial charge in [0.1, 0.15) is 0 Å². The molecule has 0 aliphatic heterocycles. The van der Waals surface area contributed by atoms with Crippen LogP contribution >= 0.6 is 11.6 Å². The van der Waals surface area contributed by atoms with Gasteiger partial charge in [0.05, 0.1) is 12.2 Å². The van der Waals surface area contributed by atoms with Crippen LogP contribution in [0.25, 0.3) is 11.3 Å². The molecule has 0 atom stereocenters. The van der Waals surface area contributed by atoms with E-state index in [1.165, 1.54) is 26.0 Å². The second-order valence-corrected chi connectivity index (χ2v) is 5.90. The molecule has 118 valence electrons. The molecule has 0 amide bonds. The highest BCUT2D eigenvalue weighted by atomic mass is 35.5. The predicted molar refractivity (Wildman–Crippen MR) is 89.6 cm³/mol. The van der Waals surface area contributed by atoms with Crippen LogP contribution in [0, 0.1) is 6.92 Å². The molecule has 7 heteroatoms. The molecule has 0 bridgehead atoms. The van der Waals surface area contributed by atoms with E-state index in [-0.39, 0.29) is 23.4 Å². The number of rotatable bonds is 3. The summed E-state index contributed by atoms with van der Waals surface area (Å²) >= 11 is 6.12. The third kappa shape index (κ3) is 2.61. The van der Waals surface area contributed by atoms with Gasteiger partial charge >= 0.3 is 11.2 Å². The van der Waals surface area contributed by atoms with Crippen molar-refractivity contribution < 1.29 is 0 Å². The Hall–Kier alpha value is -2.60. The molecule has 1 aromatic carbocycles. The van der Waals surface area contributed by atoms with Crippen LogP contribution in [0.1, 0.15) is 12.5 Å². The van der Waals surface area contributed by atoms with Crippen LogP contribution in [0.2, 0.25) is 5.02 Å². The number of aromatic nitrogens is 4. The van der Waals surface area contributed by atoms with E-state index in [4.69, 9.17) is 11.6 Å². The van der Waals surface area contributed by atoms with E-state index >= 15 is 0 Å². The molecule has 0 saturated heterocycles. The van der Waals surface area contributed by atoms with Crippen LogP contribution in [0.15, 0.2) is 52.3 Å². The van der Waals surface area contributed by atoms with E-state index in [0.29, 0.717) is 10.7 Å². The quantitative estimate of drug-likeness (QED) is 0.692. The van der Waals surface area contributed by atoms with Gasteiger partial charge in [0.15, 0.2) is 0 Å². The Labute approximate surface area is 136 Å². The minimum atomic E-state index is -0.384. The molecule has 0 fully saturated rings. The summed E-state index contributed by atoms with van der Waals surface area (Å²) in [6.07, 6.45) is 3.05. The number of hydrogen-bond acceptors (Lipinski definition) is 3. The van der Waals surface area contributed by atoms with Gasteiger partial charge in [-0.1, -0.05) is 29.8 Å². The summed E-state index contributed by atoms with van der Waals surface area (Å²) in [4.78, 5) is 24.9. The Morgan fingerprint density at radius 1 is 1.30 bits per heavy atom. The first-order valence-electron chi connectivity index (χ1n) is 7.00. The number of benzene rings is 1. The first-order chi connectivity index (χ1) is 10.9. The Kier molecular flexibility index (Phi) is 3.69. The van der Waals surface area contributed by atoms with E-state index in [2.05, 4.69) is 11.7 Å². The number of hydrogen-bond donors (Lipinski definition) is 0. The maximum atomic E-state index is 12.6. The van der Waals surface area contributed by atoms with Gasteiger partial charge in [0, 0.05) is 17.4 Å². The lowest BCUT2D eigenvalue weighted by molar-refractivity contribution is 0.651. The summed E-state index contributed by atoms with van der Waals surface area (Å²) in [5.74, 6) is 0. The van der Waals surface area contributed by atoms with Gasteiger partial charge in [-0.3, -0.25) is 9.36 Å². The van der Waals surface area contributed by atoms with E-state index in [1.807, 2.05) is 13.0 Å². The zero-order valence-electron chi connectivity index (χ0n) is 12.8. The Bertz CT molecular complexity index is 1040. The maximum absolute atomic E-state index is 12.6. The Balaban J connectivity index is 2.23. The zero-order valence-corrected chi connectivity index (χ0v) is 13.5. The molecule has 3 rings (SSSR count). The van der Waals surface area contributed by atoms with Crippen LogP contribution in [0.4, 0.5) is 0 Å². The molecule has 0 aliphatic rings. The number of fused-ring (bicyclic) bond motifs is 1. The van der Waals surface area contributed by atoms with Gasteiger partial charge in [0.2, 0.25) is 5.65 Å². The minimum absolute atomic E-state index is 0.0652. The zero-order chi connectivity index (χ0) is 16.7. The SMILES string of the molecule is C=C(C)Cn1nc2c(=O)n(-c3ccc(C)c(Cl)c3)ccn2c1=O. The summed E-state index contributed by atoms with van der Waals surface area (Å²) < 4.78 is 3.88. The van der Waals surface area contributed by atoms with Crippen molar-refractivity contribution in [2.75, 3.05) is 0 Å². The van der Waals surface area contributed by atoms with E-state index in [9.17, 15) is 9.59 Å². The van der Waals surface area contributed by atoms with Crippen molar-refractivity contribution in [3.8, 4) is 5.69 Å². The lowest BCUT2D eigenvalue weighted by Gasteiger charge is -2.07. The third-order valence-electron chi connectivity index (χ3n) is 3.50. The average Bonchev–Trinajstić information content (AvgIpc) is 2.80. The fourth-order valence-electron chi connectivity index (χ4n) is 2.30. The first-order valence-corrected chi connectivity index (χ1v) is 7.38. The van der Waals surface area contributed by atoms with Crippen molar-refractivity contribution in [1.29, 1.82) is 0 Å². The van der Waals surface area contributed by atoms with Gasteiger partial charge in [-0.25, -0.2) is 13.9 Å². The molecule has 23 heavy (non-hydrogen) atoms. The molecule has 3 aromatic rings. The van der Waals surface area contributed by atoms with E-state index < -0.39 is 0 Å². The van der Waals surface area contributed by atoms with Crippen LogP contribution in [0.5, 0.6) is 0 Å². The fraction of sp³-hybridized carbons (Fsp3) is 0.188. The van der Waals surface area contributed by atoms with Gasteiger partial charge in [0.25, 0.3) is 0 Å². The van der Waals surface area contributed by atoms with Crippen molar-refractivity contribution >= 4 is 17.2 Å². The molecular formula is C16H15ClN4O2. The van der Waals surface area contributed by atoms with Gasteiger partial charge in [-0.05, 0) is 31.5 Å². The lowest BCUT2D eigenvalue weighted by atomic mass is 10.2. The smallest absolute Gasteiger partial charge is 0.280 e. The number of halogens is 1. The molecule has 0 saturated carbocycles. The second kappa shape index (κ2) is 5.55. The number of nitrogens with zero attached hydrogens (tertiary/aromatic N) is 4. The normalized spacial score (nSPS) is 11.1. The van der Waals surface area contributed by atoms with Crippen molar-refractivity contribution in [2.45, 2.75) is 20.4 Å². The highest BCUT2D eigenvalue weighted by Gasteiger charge is 2.13. The first kappa shape index (κ1) is 15.3. The summed E-state index contributed by atoms with van der Waals surface area (Å²) in [5, 5.41) is 4.69. The predicted octanol–water partition coefficient (Wildman–Crippen LogP) is 2.18. The highest BCUT2D eigenvalue weighted by Crippen LogP contribution is 2.18. The van der Waals surface area contributed by atoms with Crippen molar-refractivity contribution in [2.24, 2.45) is 0 Å². The second-order valence-electron chi connectivity index (χ2n) is 5.50. The minimum Gasteiger partial charge on any atom is -0.280 e. The summed E-state index contributed by atoms with van der Waals surface area (Å²) in [5.41, 5.74) is 1.64. The molecule has 2 aromatic heterocycles. The fourth-order valence-corrected chi connectivity index (χ4v) is 2.48. The lowest BCUT2D eigenvalue weighted by Crippen LogP contribution is -2.24. The molecule has 6 nitrogen and oxygen atoms in total. The van der Waals surface area contributed by atoms with Crippen molar-refractivity contribution in [1.82, 2.24) is 18.7 Å². The molecule has 0 spiro atoms. The van der Waals surface area contributed by atoms with Gasteiger partial charge < -0.3 is 0 Å². The van der Waals surface area contributed by atoms with Crippen LogP contribution < -0.4 is 11.2 Å². The van der Waals surface area contributed by atoms with E-state index in [0.717, 1.165) is 11.1 Å². The largest absolute Gasteiger partial charge is 0.350 e. The third-order valence-corrected chi connectivity index (χ3v) is 3.91.